The van der Waals surface area contributed by atoms with Crippen molar-refractivity contribution in [2.75, 3.05) is 20.3 Å². The summed E-state index contributed by atoms with van der Waals surface area (Å²) in [4.78, 5) is 4.36. The molecule has 0 radical (unpaired) electrons. The summed E-state index contributed by atoms with van der Waals surface area (Å²) >= 11 is 1.64. The number of nitrogens with zero attached hydrogens (tertiary/aromatic N) is 3. The van der Waals surface area contributed by atoms with Gasteiger partial charge in [-0.25, -0.2) is 4.98 Å². The summed E-state index contributed by atoms with van der Waals surface area (Å²) in [6.07, 6.45) is 1.81. The molecule has 0 fully saturated rings. The minimum Gasteiger partial charge on any atom is -0.383 e. The summed E-state index contributed by atoms with van der Waals surface area (Å²) in [5.41, 5.74) is 2.27. The zero-order valence-corrected chi connectivity index (χ0v) is 12.9. The molecule has 2 aromatic heterocycles. The van der Waals surface area contributed by atoms with E-state index in [1.807, 2.05) is 43.0 Å². The number of ether oxygens (including phenoxy) is 1. The van der Waals surface area contributed by atoms with Crippen LogP contribution < -0.4 is 5.32 Å². The van der Waals surface area contributed by atoms with E-state index in [1.54, 1.807) is 18.9 Å². The number of methoxy groups -OCH3 is 1. The molecule has 0 unspecified atom stereocenters. The van der Waals surface area contributed by atoms with Crippen LogP contribution in [-0.2, 0) is 18.3 Å². The van der Waals surface area contributed by atoms with Gasteiger partial charge in [0.05, 0.1) is 12.3 Å². The van der Waals surface area contributed by atoms with Crippen LogP contribution >= 0.6 is 11.8 Å². The fourth-order valence-electron chi connectivity index (χ4n) is 1.91. The first-order valence-corrected chi connectivity index (χ1v) is 7.35. The zero-order valence-electron chi connectivity index (χ0n) is 12.1. The Hall–Kier alpha value is -1.37. The van der Waals surface area contributed by atoms with Crippen LogP contribution in [0.4, 0.5) is 0 Å². The van der Waals surface area contributed by atoms with E-state index >= 15 is 0 Å². The Morgan fingerprint density at radius 2 is 2.25 bits per heavy atom. The maximum absolute atomic E-state index is 5.04. The lowest BCUT2D eigenvalue weighted by Crippen LogP contribution is -2.19. The molecule has 5 nitrogen and oxygen atoms in total. The van der Waals surface area contributed by atoms with Gasteiger partial charge in [-0.3, -0.25) is 4.68 Å². The van der Waals surface area contributed by atoms with E-state index < -0.39 is 0 Å². The highest BCUT2D eigenvalue weighted by Crippen LogP contribution is 2.30. The van der Waals surface area contributed by atoms with Crippen molar-refractivity contribution in [3.63, 3.8) is 0 Å². The van der Waals surface area contributed by atoms with Crippen molar-refractivity contribution in [3.05, 3.63) is 35.7 Å². The van der Waals surface area contributed by atoms with Gasteiger partial charge in [0.25, 0.3) is 0 Å². The Bertz CT molecular complexity index is 542. The lowest BCUT2D eigenvalue weighted by molar-refractivity contribution is 0.199. The van der Waals surface area contributed by atoms with Gasteiger partial charge >= 0.3 is 0 Å². The van der Waals surface area contributed by atoms with Gasteiger partial charge in [-0.1, -0.05) is 17.8 Å². The summed E-state index contributed by atoms with van der Waals surface area (Å²) in [6, 6.07) is 5.93. The number of pyridine rings is 1. The standard InChI is InChI=1S/C14H20N4OS/c1-11-12(10-15-8-9-19-3)14(18(2)17-11)20-13-6-4-5-7-16-13/h4-7,15H,8-10H2,1-3H3. The third-order valence-electron chi connectivity index (χ3n) is 2.91. The van der Waals surface area contributed by atoms with Crippen LogP contribution in [0.5, 0.6) is 0 Å². The Morgan fingerprint density at radius 1 is 1.40 bits per heavy atom. The monoisotopic (exact) mass is 292 g/mol. The van der Waals surface area contributed by atoms with Gasteiger partial charge in [-0.2, -0.15) is 5.10 Å². The van der Waals surface area contributed by atoms with Gasteiger partial charge in [-0.05, 0) is 19.1 Å². The fourth-order valence-corrected chi connectivity index (χ4v) is 2.88. The molecule has 2 heterocycles. The fraction of sp³-hybridized carbons (Fsp3) is 0.429. The van der Waals surface area contributed by atoms with Crippen LogP contribution in [0.3, 0.4) is 0 Å². The minimum absolute atomic E-state index is 0.710. The lowest BCUT2D eigenvalue weighted by Gasteiger charge is -2.07. The molecule has 0 saturated carbocycles. The molecule has 6 heteroatoms. The Morgan fingerprint density at radius 3 is 2.95 bits per heavy atom. The summed E-state index contributed by atoms with van der Waals surface area (Å²) in [7, 11) is 3.68. The SMILES string of the molecule is COCCNCc1c(C)nn(C)c1Sc1ccccn1. The number of nitrogens with one attached hydrogen (secondary N) is 1. The molecule has 1 N–H and O–H groups in total. The molecule has 0 aliphatic rings. The number of rotatable bonds is 7. The van der Waals surface area contributed by atoms with Crippen LogP contribution in [0.25, 0.3) is 0 Å². The van der Waals surface area contributed by atoms with Gasteiger partial charge in [0.1, 0.15) is 10.1 Å². The topological polar surface area (TPSA) is 52.0 Å². The summed E-state index contributed by atoms with van der Waals surface area (Å²) < 4.78 is 6.96. The Labute approximate surface area is 123 Å². The van der Waals surface area contributed by atoms with E-state index in [4.69, 9.17) is 4.74 Å². The summed E-state index contributed by atoms with van der Waals surface area (Å²) in [5, 5.41) is 9.98. The molecule has 0 amide bonds. The van der Waals surface area contributed by atoms with Crippen molar-refractivity contribution in [3.8, 4) is 0 Å². The van der Waals surface area contributed by atoms with Crippen molar-refractivity contribution in [1.29, 1.82) is 0 Å². The summed E-state index contributed by atoms with van der Waals surface area (Å²) in [5.74, 6) is 0. The molecule has 0 aromatic carbocycles. The second-order valence-electron chi connectivity index (χ2n) is 4.43. The van der Waals surface area contributed by atoms with Crippen LogP contribution in [0.1, 0.15) is 11.3 Å². The molecular weight excluding hydrogens is 272 g/mol. The number of aromatic nitrogens is 3. The lowest BCUT2D eigenvalue weighted by atomic mass is 10.2. The molecule has 0 saturated heterocycles. The van der Waals surface area contributed by atoms with Crippen LogP contribution in [-0.4, -0.2) is 35.0 Å². The van der Waals surface area contributed by atoms with Gasteiger partial charge in [-0.15, -0.1) is 0 Å². The maximum atomic E-state index is 5.04. The molecule has 20 heavy (non-hydrogen) atoms. The molecule has 2 rings (SSSR count). The second kappa shape index (κ2) is 7.42. The van der Waals surface area contributed by atoms with Gasteiger partial charge in [0, 0.05) is 39.0 Å². The van der Waals surface area contributed by atoms with E-state index in [2.05, 4.69) is 15.4 Å². The average Bonchev–Trinajstić information content (AvgIpc) is 2.71. The predicted octanol–water partition coefficient (Wildman–Crippen LogP) is 2.01. The second-order valence-corrected chi connectivity index (χ2v) is 5.44. The quantitative estimate of drug-likeness (QED) is 0.791. The molecule has 108 valence electrons. The van der Waals surface area contributed by atoms with Crippen LogP contribution in [0, 0.1) is 6.92 Å². The first-order chi connectivity index (χ1) is 9.72. The zero-order chi connectivity index (χ0) is 14.4. The molecule has 0 spiro atoms. The molecular formula is C14H20N4OS. The smallest absolute Gasteiger partial charge is 0.105 e. The van der Waals surface area contributed by atoms with Gasteiger partial charge in [0.2, 0.25) is 0 Å². The first kappa shape index (κ1) is 15.0. The third-order valence-corrected chi connectivity index (χ3v) is 4.07. The van der Waals surface area contributed by atoms with Crippen molar-refractivity contribution in [2.45, 2.75) is 23.5 Å². The van der Waals surface area contributed by atoms with Gasteiger partial charge in [0.15, 0.2) is 0 Å². The molecule has 0 bridgehead atoms. The van der Waals surface area contributed by atoms with E-state index in [-0.39, 0.29) is 0 Å². The molecule has 2 aromatic rings. The van der Waals surface area contributed by atoms with E-state index in [0.717, 1.165) is 28.8 Å². The molecule has 0 atom stereocenters. The van der Waals surface area contributed by atoms with Crippen molar-refractivity contribution in [1.82, 2.24) is 20.1 Å². The number of hydrogen-bond acceptors (Lipinski definition) is 5. The van der Waals surface area contributed by atoms with E-state index in [9.17, 15) is 0 Å². The first-order valence-electron chi connectivity index (χ1n) is 6.53. The molecule has 0 aliphatic carbocycles. The van der Waals surface area contributed by atoms with Crippen LogP contribution in [0.15, 0.2) is 34.4 Å². The summed E-state index contributed by atoms with van der Waals surface area (Å²) in [6.45, 7) is 4.37. The van der Waals surface area contributed by atoms with E-state index in [0.29, 0.717) is 6.61 Å². The Kier molecular flexibility index (Phi) is 5.58. The average molecular weight is 292 g/mol. The normalized spacial score (nSPS) is 10.9. The highest BCUT2D eigenvalue weighted by molar-refractivity contribution is 7.99. The number of hydrogen-bond donors (Lipinski definition) is 1. The molecule has 0 aliphatic heterocycles. The predicted molar refractivity (Wildman–Crippen MR) is 79.9 cm³/mol. The van der Waals surface area contributed by atoms with E-state index in [1.165, 1.54) is 5.56 Å². The number of aryl methyl sites for hydroxylation is 2. The Balaban J connectivity index is 2.11. The third kappa shape index (κ3) is 3.82. The van der Waals surface area contributed by atoms with Crippen molar-refractivity contribution >= 4 is 11.8 Å². The van der Waals surface area contributed by atoms with Gasteiger partial charge < -0.3 is 10.1 Å². The maximum Gasteiger partial charge on any atom is 0.105 e. The minimum atomic E-state index is 0.710. The highest BCUT2D eigenvalue weighted by atomic mass is 32.2. The largest absolute Gasteiger partial charge is 0.383 e. The van der Waals surface area contributed by atoms with Crippen LogP contribution in [0.2, 0.25) is 0 Å². The highest BCUT2D eigenvalue weighted by Gasteiger charge is 2.14. The van der Waals surface area contributed by atoms with Crippen molar-refractivity contribution in [2.24, 2.45) is 7.05 Å². The van der Waals surface area contributed by atoms with Crippen molar-refractivity contribution < 1.29 is 4.74 Å².